The summed E-state index contributed by atoms with van der Waals surface area (Å²) >= 11 is 1.57. The summed E-state index contributed by atoms with van der Waals surface area (Å²) in [6.45, 7) is 8.43. The predicted molar refractivity (Wildman–Crippen MR) is 82.5 cm³/mol. The molecule has 106 valence electrons. The van der Waals surface area contributed by atoms with Crippen molar-refractivity contribution < 1.29 is 4.79 Å². The highest BCUT2D eigenvalue weighted by atomic mass is 32.1. The highest BCUT2D eigenvalue weighted by molar-refractivity contribution is 7.09. The fraction of sp³-hybridized carbons (Fsp3) is 0.438. The third-order valence-electron chi connectivity index (χ3n) is 3.22. The molecule has 0 saturated carbocycles. The van der Waals surface area contributed by atoms with Gasteiger partial charge in [0.25, 0.3) is 0 Å². The predicted octanol–water partition coefficient (Wildman–Crippen LogP) is 3.82. The maximum atomic E-state index is 12.4. The lowest BCUT2D eigenvalue weighted by atomic mass is 9.93. The van der Waals surface area contributed by atoms with E-state index in [-0.39, 0.29) is 11.2 Å². The van der Waals surface area contributed by atoms with E-state index < -0.39 is 0 Å². The summed E-state index contributed by atoms with van der Waals surface area (Å²) in [4.78, 5) is 21.1. The lowest BCUT2D eigenvalue weighted by Gasteiger charge is -2.14. The van der Waals surface area contributed by atoms with Gasteiger partial charge in [0.1, 0.15) is 5.01 Å². The monoisotopic (exact) mass is 288 g/mol. The third kappa shape index (κ3) is 3.31. The van der Waals surface area contributed by atoms with Crippen molar-refractivity contribution in [3.05, 3.63) is 45.7 Å². The van der Waals surface area contributed by atoms with Crippen LogP contribution in [0.4, 0.5) is 0 Å². The first-order valence-electron chi connectivity index (χ1n) is 6.82. The molecule has 0 N–H and O–H groups in total. The van der Waals surface area contributed by atoms with Crippen molar-refractivity contribution in [2.45, 2.75) is 46.0 Å². The number of carbonyl (C=O) groups excluding carboxylic acids is 1. The van der Waals surface area contributed by atoms with Crippen molar-refractivity contribution in [2.24, 2.45) is 0 Å². The standard InChI is InChI=1S/C16H20N2OS/c1-5-11-9-17-7-6-12(11)13(19)8-15-18-14(10-20-15)16(2,3)4/h6-7,9-10H,5,8H2,1-4H3. The van der Waals surface area contributed by atoms with Crippen LogP contribution in [0.15, 0.2) is 23.8 Å². The van der Waals surface area contributed by atoms with E-state index in [2.05, 4.69) is 36.1 Å². The van der Waals surface area contributed by atoms with E-state index in [1.54, 1.807) is 29.8 Å². The number of thiazole rings is 1. The van der Waals surface area contributed by atoms with Crippen molar-refractivity contribution >= 4 is 17.1 Å². The Morgan fingerprint density at radius 3 is 2.70 bits per heavy atom. The number of hydrogen-bond donors (Lipinski definition) is 0. The van der Waals surface area contributed by atoms with E-state index in [0.717, 1.165) is 28.2 Å². The van der Waals surface area contributed by atoms with E-state index >= 15 is 0 Å². The van der Waals surface area contributed by atoms with Gasteiger partial charge in [0.15, 0.2) is 5.78 Å². The van der Waals surface area contributed by atoms with Gasteiger partial charge < -0.3 is 0 Å². The summed E-state index contributed by atoms with van der Waals surface area (Å²) in [6.07, 6.45) is 4.64. The van der Waals surface area contributed by atoms with Crippen molar-refractivity contribution in [3.63, 3.8) is 0 Å². The van der Waals surface area contributed by atoms with Crippen molar-refractivity contribution in [3.8, 4) is 0 Å². The van der Waals surface area contributed by atoms with E-state index in [0.29, 0.717) is 6.42 Å². The van der Waals surface area contributed by atoms with Crippen molar-refractivity contribution in [2.75, 3.05) is 0 Å². The summed E-state index contributed by atoms with van der Waals surface area (Å²) < 4.78 is 0. The van der Waals surface area contributed by atoms with E-state index in [4.69, 9.17) is 0 Å². The molecule has 2 heterocycles. The van der Waals surface area contributed by atoms with Crippen molar-refractivity contribution in [1.29, 1.82) is 0 Å². The smallest absolute Gasteiger partial charge is 0.170 e. The molecule has 2 aromatic rings. The van der Waals surface area contributed by atoms with Crippen LogP contribution in [0.5, 0.6) is 0 Å². The largest absolute Gasteiger partial charge is 0.294 e. The highest BCUT2D eigenvalue weighted by Crippen LogP contribution is 2.24. The molecule has 0 saturated heterocycles. The fourth-order valence-electron chi connectivity index (χ4n) is 1.95. The van der Waals surface area contributed by atoms with Gasteiger partial charge in [0.2, 0.25) is 0 Å². The van der Waals surface area contributed by atoms with E-state index in [9.17, 15) is 4.79 Å². The lowest BCUT2D eigenvalue weighted by molar-refractivity contribution is 0.0992. The zero-order chi connectivity index (χ0) is 14.8. The summed E-state index contributed by atoms with van der Waals surface area (Å²) in [5.41, 5.74) is 2.86. The van der Waals surface area contributed by atoms with Crippen LogP contribution in [-0.4, -0.2) is 15.8 Å². The fourth-order valence-corrected chi connectivity index (χ4v) is 2.97. The molecule has 0 fully saturated rings. The molecule has 0 radical (unpaired) electrons. The second-order valence-corrected chi connectivity index (χ2v) is 6.81. The second-order valence-electron chi connectivity index (χ2n) is 5.86. The molecule has 4 heteroatoms. The SMILES string of the molecule is CCc1cnccc1C(=O)Cc1nc(C(C)(C)C)cs1. The average Bonchev–Trinajstić information content (AvgIpc) is 2.87. The van der Waals surface area contributed by atoms with Gasteiger partial charge in [-0.05, 0) is 18.1 Å². The molecule has 0 atom stereocenters. The Morgan fingerprint density at radius 2 is 2.10 bits per heavy atom. The minimum atomic E-state index is 0.0308. The Hall–Kier alpha value is -1.55. The van der Waals surface area contributed by atoms with Gasteiger partial charge in [0, 0.05) is 28.8 Å². The number of ketones is 1. The zero-order valence-electron chi connectivity index (χ0n) is 12.4. The first-order valence-corrected chi connectivity index (χ1v) is 7.70. The van der Waals surface area contributed by atoms with Crippen LogP contribution in [-0.2, 0) is 18.3 Å². The van der Waals surface area contributed by atoms with Gasteiger partial charge in [-0.2, -0.15) is 0 Å². The van der Waals surface area contributed by atoms with Gasteiger partial charge in [-0.3, -0.25) is 9.78 Å². The number of aryl methyl sites for hydroxylation is 1. The molecule has 0 aliphatic rings. The lowest BCUT2D eigenvalue weighted by Crippen LogP contribution is -2.12. The Morgan fingerprint density at radius 1 is 1.35 bits per heavy atom. The molecular formula is C16H20N2OS. The Balaban J connectivity index is 2.18. The van der Waals surface area contributed by atoms with Crippen LogP contribution in [0.25, 0.3) is 0 Å². The molecule has 20 heavy (non-hydrogen) atoms. The first kappa shape index (κ1) is 14.9. The zero-order valence-corrected chi connectivity index (χ0v) is 13.3. The number of rotatable bonds is 4. The normalized spacial score (nSPS) is 11.6. The molecule has 0 aliphatic heterocycles. The minimum absolute atomic E-state index is 0.0308. The molecule has 0 aromatic carbocycles. The van der Waals surface area contributed by atoms with Crippen LogP contribution in [0, 0.1) is 0 Å². The number of carbonyl (C=O) groups is 1. The maximum absolute atomic E-state index is 12.4. The Labute approximate surface area is 124 Å². The topological polar surface area (TPSA) is 42.9 Å². The van der Waals surface area contributed by atoms with Crippen LogP contribution < -0.4 is 0 Å². The van der Waals surface area contributed by atoms with Crippen LogP contribution in [0.3, 0.4) is 0 Å². The van der Waals surface area contributed by atoms with Gasteiger partial charge in [-0.1, -0.05) is 27.7 Å². The number of aromatic nitrogens is 2. The summed E-state index contributed by atoms with van der Waals surface area (Å²) in [5, 5.41) is 2.94. The van der Waals surface area contributed by atoms with Gasteiger partial charge in [0.05, 0.1) is 12.1 Å². The molecule has 0 amide bonds. The average molecular weight is 288 g/mol. The Kier molecular flexibility index (Phi) is 4.33. The summed E-state index contributed by atoms with van der Waals surface area (Å²) in [5.74, 6) is 0.124. The molecule has 0 aliphatic carbocycles. The number of Topliss-reactive ketones (excluding diaryl/α,β-unsaturated/α-hetero) is 1. The molecule has 0 unspecified atom stereocenters. The first-order chi connectivity index (χ1) is 9.41. The molecule has 2 aromatic heterocycles. The van der Waals surface area contributed by atoms with Gasteiger partial charge in [-0.25, -0.2) is 4.98 Å². The number of pyridine rings is 1. The molecule has 0 bridgehead atoms. The van der Waals surface area contributed by atoms with Crippen LogP contribution in [0.2, 0.25) is 0 Å². The van der Waals surface area contributed by atoms with Crippen molar-refractivity contribution in [1.82, 2.24) is 9.97 Å². The van der Waals surface area contributed by atoms with Gasteiger partial charge in [-0.15, -0.1) is 11.3 Å². The van der Waals surface area contributed by atoms with Crippen LogP contribution in [0.1, 0.15) is 54.3 Å². The summed E-state index contributed by atoms with van der Waals surface area (Å²) in [6, 6.07) is 1.81. The summed E-state index contributed by atoms with van der Waals surface area (Å²) in [7, 11) is 0. The molecular weight excluding hydrogens is 268 g/mol. The number of hydrogen-bond acceptors (Lipinski definition) is 4. The molecule has 2 rings (SSSR count). The third-order valence-corrected chi connectivity index (χ3v) is 4.07. The maximum Gasteiger partial charge on any atom is 0.170 e. The highest BCUT2D eigenvalue weighted by Gasteiger charge is 2.19. The van der Waals surface area contributed by atoms with Crippen LogP contribution >= 0.6 is 11.3 Å². The second kappa shape index (κ2) is 5.83. The Bertz CT molecular complexity index is 611. The van der Waals surface area contributed by atoms with E-state index in [1.807, 2.05) is 6.92 Å². The van der Waals surface area contributed by atoms with Gasteiger partial charge >= 0.3 is 0 Å². The molecule has 3 nitrogen and oxygen atoms in total. The molecule has 0 spiro atoms. The van der Waals surface area contributed by atoms with E-state index in [1.165, 1.54) is 0 Å². The minimum Gasteiger partial charge on any atom is -0.294 e. The quantitative estimate of drug-likeness (QED) is 0.803. The number of nitrogens with zero attached hydrogens (tertiary/aromatic N) is 2.